The molecule has 0 radical (unpaired) electrons. The fourth-order valence-corrected chi connectivity index (χ4v) is 0.321. The first-order chi connectivity index (χ1) is 5.54. The van der Waals surface area contributed by atoms with Gasteiger partial charge in [0.1, 0.15) is 0 Å². The molecule has 0 aromatic carbocycles. The number of aliphatic carboxylic acids is 1. The summed E-state index contributed by atoms with van der Waals surface area (Å²) in [5.41, 5.74) is 2.00. The lowest BCUT2D eigenvalue weighted by atomic mass is 10.3. The van der Waals surface area contributed by atoms with Crippen LogP contribution in [0.5, 0.6) is 0 Å². The van der Waals surface area contributed by atoms with E-state index in [0.717, 1.165) is 12.8 Å². The molecule has 7 nitrogen and oxygen atoms in total. The third-order valence-electron chi connectivity index (χ3n) is 0.901. The lowest BCUT2D eigenvalue weighted by Gasteiger charge is -1.96. The molecule has 0 fully saturated rings. The Bertz CT molecular complexity index is 108. The summed E-state index contributed by atoms with van der Waals surface area (Å²) in [7, 11) is 0. The number of carbonyl (C=O) groups is 1. The Labute approximate surface area is 71.4 Å². The van der Waals surface area contributed by atoms with E-state index in [1.54, 1.807) is 0 Å². The Morgan fingerprint density at radius 1 is 1.58 bits per heavy atom. The van der Waals surface area contributed by atoms with Crippen LogP contribution in [-0.2, 0) is 4.79 Å². The van der Waals surface area contributed by atoms with Crippen LogP contribution in [-0.4, -0.2) is 5.97 Å². The second-order valence-corrected chi connectivity index (χ2v) is 2.08. The van der Waals surface area contributed by atoms with E-state index in [0.29, 0.717) is 0 Å². The van der Waals surface area contributed by atoms with Gasteiger partial charge in [0.25, 0.3) is 0 Å². The summed E-state index contributed by atoms with van der Waals surface area (Å²) >= 11 is 0. The number of carboxylic acids is 1. The number of hydrogen-bond acceptors (Lipinski definition) is 6. The second-order valence-electron chi connectivity index (χ2n) is 2.08. The Morgan fingerprint density at radius 2 is 2.00 bits per heavy atom. The van der Waals surface area contributed by atoms with E-state index < -0.39 is 5.97 Å². The van der Waals surface area contributed by atoms with Crippen molar-refractivity contribution in [1.29, 1.82) is 0 Å². The first-order valence-corrected chi connectivity index (χ1v) is 3.58. The number of quaternary nitrogens is 1. The number of nitrogens with two attached hydrogens (primary N) is 3. The summed E-state index contributed by atoms with van der Waals surface area (Å²) < 4.78 is 0. The van der Waals surface area contributed by atoms with Gasteiger partial charge in [-0.2, -0.15) is 0 Å². The molecule has 0 aliphatic rings. The maximum Gasteiger partial charge on any atom is 0.0414 e. The Kier molecular flexibility index (Phi) is 11.8. The van der Waals surface area contributed by atoms with Gasteiger partial charge in [-0.25, -0.2) is 5.84 Å². The van der Waals surface area contributed by atoms with Crippen LogP contribution in [0.25, 0.3) is 0 Å². The van der Waals surface area contributed by atoms with Gasteiger partial charge in [0, 0.05) is 5.97 Å². The normalized spacial score (nSPS) is 9.08. The van der Waals surface area contributed by atoms with Crippen molar-refractivity contribution >= 4 is 5.97 Å². The molecule has 0 unspecified atom stereocenters. The van der Waals surface area contributed by atoms with Crippen molar-refractivity contribution in [1.82, 2.24) is 5.53 Å². The molecule has 0 saturated carbocycles. The molecule has 12 heavy (non-hydrogen) atoms. The molecule has 74 valence electrons. The fourth-order valence-electron chi connectivity index (χ4n) is 0.321. The Balaban J connectivity index is 0. The molecule has 7 heteroatoms. The lowest BCUT2D eigenvalue weighted by molar-refractivity contribution is -0.971. The quantitative estimate of drug-likeness (QED) is 0.220. The first-order valence-electron chi connectivity index (χ1n) is 3.58. The molecule has 0 atom stereocenters. The van der Waals surface area contributed by atoms with Gasteiger partial charge in [0.2, 0.25) is 0 Å². The van der Waals surface area contributed by atoms with Crippen molar-refractivity contribution in [3.8, 4) is 0 Å². The third kappa shape index (κ3) is 22.8. The van der Waals surface area contributed by atoms with Gasteiger partial charge >= 0.3 is 0 Å². The van der Waals surface area contributed by atoms with Crippen LogP contribution in [0.4, 0.5) is 0 Å². The van der Waals surface area contributed by atoms with Gasteiger partial charge < -0.3 is 9.90 Å². The van der Waals surface area contributed by atoms with Crippen molar-refractivity contribution in [3.63, 3.8) is 0 Å². The number of nitrogens with one attached hydrogen (secondary N) is 2. The predicted octanol–water partition coefficient (Wildman–Crippen LogP) is -4.08. The molecule has 0 rings (SSSR count). The molecule has 0 amide bonds. The van der Waals surface area contributed by atoms with E-state index in [1.165, 1.54) is 0 Å². The highest BCUT2D eigenvalue weighted by Gasteiger charge is 1.80. The standard InChI is InChI=1S/C5H10O2.H7N5/c1-2-3-4-5(6)7;1-4-5(2)3/h2-4H2,1H3,(H,6,7);4H,1-3H2. The third-order valence-corrected chi connectivity index (χ3v) is 0.901. The van der Waals surface area contributed by atoms with Crippen LogP contribution < -0.4 is 33.4 Å². The van der Waals surface area contributed by atoms with E-state index in [4.69, 9.17) is 11.7 Å². The van der Waals surface area contributed by atoms with Gasteiger partial charge in [-0.3, -0.25) is 0 Å². The Hall–Kier alpha value is -0.730. The van der Waals surface area contributed by atoms with Crippen LogP contribution in [0.1, 0.15) is 26.2 Å². The van der Waals surface area contributed by atoms with Crippen molar-refractivity contribution in [2.75, 3.05) is 0 Å². The van der Waals surface area contributed by atoms with E-state index in [9.17, 15) is 9.90 Å². The summed E-state index contributed by atoms with van der Waals surface area (Å²) in [6.45, 7) is 1.95. The molecule has 0 aliphatic carbocycles. The number of carbonyl (C=O) groups excluding carboxylic acids is 1. The summed E-state index contributed by atoms with van der Waals surface area (Å²) in [4.78, 5) is 9.65. The van der Waals surface area contributed by atoms with Crippen molar-refractivity contribution in [3.05, 3.63) is 0 Å². The van der Waals surface area contributed by atoms with Crippen molar-refractivity contribution in [2.24, 2.45) is 17.5 Å². The molecule has 0 saturated heterocycles. The van der Waals surface area contributed by atoms with E-state index in [-0.39, 0.29) is 11.6 Å². The molecule has 0 aliphatic heterocycles. The average Bonchev–Trinajstić information content (AvgIpc) is 2.02. The minimum atomic E-state index is -0.943. The highest BCUT2D eigenvalue weighted by molar-refractivity contribution is 5.63. The monoisotopic (exact) mass is 179 g/mol. The second kappa shape index (κ2) is 10.3. The minimum absolute atomic E-state index is 0.0324. The molecule has 8 N–H and O–H groups in total. The van der Waals surface area contributed by atoms with Crippen molar-refractivity contribution < 1.29 is 15.1 Å². The van der Waals surface area contributed by atoms with Crippen molar-refractivity contribution in [2.45, 2.75) is 26.2 Å². The molecule has 0 aromatic heterocycles. The van der Waals surface area contributed by atoms with Gasteiger partial charge in [-0.05, 0) is 12.8 Å². The molecular formula is C5H17N5O2. The van der Waals surface area contributed by atoms with Crippen LogP contribution in [0.2, 0.25) is 0 Å². The zero-order valence-corrected chi connectivity index (χ0v) is 7.17. The zero-order valence-electron chi connectivity index (χ0n) is 7.17. The first kappa shape index (κ1) is 13.8. The number of hydrogen-bond donors (Lipinski definition) is 5. The SMILES string of the molecule is CCCCC(=O)[O-].NN[NH+](N)N. The molecule has 0 bridgehead atoms. The van der Waals surface area contributed by atoms with E-state index >= 15 is 0 Å². The lowest BCUT2D eigenvalue weighted by Crippen LogP contribution is -3.29. The maximum atomic E-state index is 9.65. The molecule has 0 spiro atoms. The highest BCUT2D eigenvalue weighted by Crippen LogP contribution is 1.89. The van der Waals surface area contributed by atoms with Gasteiger partial charge in [0.15, 0.2) is 0 Å². The number of unbranched alkanes of at least 4 members (excludes halogenated alkanes) is 1. The predicted molar refractivity (Wildman–Crippen MR) is 41.2 cm³/mol. The smallest absolute Gasteiger partial charge is 0.0414 e. The maximum absolute atomic E-state index is 9.65. The van der Waals surface area contributed by atoms with Crippen LogP contribution >= 0.6 is 0 Å². The molecule has 0 heterocycles. The molecule has 0 aromatic rings. The van der Waals surface area contributed by atoms with Crippen LogP contribution in [0.15, 0.2) is 0 Å². The summed E-state index contributed by atoms with van der Waals surface area (Å²) in [6.07, 6.45) is 1.87. The number of rotatable bonds is 4. The number of hydrazine groups is 1. The summed E-state index contributed by atoms with van der Waals surface area (Å²) in [5, 5.41) is 9.68. The number of carboxylic acid groups (broad SMARTS) is 1. The van der Waals surface area contributed by atoms with Gasteiger partial charge in [-0.1, -0.05) is 18.9 Å². The van der Waals surface area contributed by atoms with Gasteiger partial charge in [0.05, 0.1) is 0 Å². The van der Waals surface area contributed by atoms with Crippen LogP contribution in [0.3, 0.4) is 0 Å². The van der Waals surface area contributed by atoms with E-state index in [2.05, 4.69) is 5.84 Å². The fraction of sp³-hybridized carbons (Fsp3) is 0.800. The van der Waals surface area contributed by atoms with E-state index in [1.807, 2.05) is 12.5 Å². The van der Waals surface area contributed by atoms with Crippen LogP contribution in [0, 0.1) is 0 Å². The minimum Gasteiger partial charge on any atom is -0.550 e. The summed E-state index contributed by atoms with van der Waals surface area (Å²) in [6, 6.07) is 0. The summed E-state index contributed by atoms with van der Waals surface area (Å²) in [5.74, 6) is 13.2. The Morgan fingerprint density at radius 3 is 2.08 bits per heavy atom. The highest BCUT2D eigenvalue weighted by atomic mass is 16.4. The average molecular weight is 179 g/mol. The largest absolute Gasteiger partial charge is 0.550 e. The molecular weight excluding hydrogens is 162 g/mol. The zero-order chi connectivity index (χ0) is 9.98. The van der Waals surface area contributed by atoms with Gasteiger partial charge in [-0.15, -0.1) is 16.9 Å². The topological polar surface area (TPSA) is 135 Å².